The molecule has 0 aliphatic rings. The van der Waals surface area contributed by atoms with E-state index in [4.69, 9.17) is 10.2 Å². The predicted molar refractivity (Wildman–Crippen MR) is 57.3 cm³/mol. The van der Waals surface area contributed by atoms with Crippen LogP contribution in [0.4, 0.5) is 0 Å². The van der Waals surface area contributed by atoms with Gasteiger partial charge in [0.15, 0.2) is 0 Å². The molecule has 13 heavy (non-hydrogen) atoms. The van der Waals surface area contributed by atoms with Crippen LogP contribution < -0.4 is 0 Å². The second-order valence-corrected chi connectivity index (χ2v) is 3.23. The zero-order chi connectivity index (χ0) is 10.5. The van der Waals surface area contributed by atoms with E-state index in [9.17, 15) is 4.79 Å². The van der Waals surface area contributed by atoms with Crippen LogP contribution in [0.5, 0.6) is 0 Å². The van der Waals surface area contributed by atoms with Crippen molar-refractivity contribution >= 4 is 21.9 Å². The first-order valence-corrected chi connectivity index (χ1v) is 5.69. The first-order chi connectivity index (χ1) is 6.18. The third-order valence-electron chi connectivity index (χ3n) is 1.38. The molecule has 0 aromatic heterocycles. The lowest BCUT2D eigenvalue weighted by Crippen LogP contribution is -1.92. The quantitative estimate of drug-likeness (QED) is 0.566. The van der Waals surface area contributed by atoms with E-state index in [1.54, 1.807) is 0 Å². The highest BCUT2D eigenvalue weighted by Gasteiger charge is 1.84. The van der Waals surface area contributed by atoms with Gasteiger partial charge in [-0.2, -0.15) is 0 Å². The number of carboxylic acid groups (broad SMARTS) is 1. The number of hydrogen-bond donors (Lipinski definition) is 2. The van der Waals surface area contributed by atoms with Crippen molar-refractivity contribution in [2.45, 2.75) is 39.0 Å². The van der Waals surface area contributed by atoms with Gasteiger partial charge < -0.3 is 10.2 Å². The van der Waals surface area contributed by atoms with E-state index in [2.05, 4.69) is 22.9 Å². The molecule has 0 amide bonds. The van der Waals surface area contributed by atoms with Gasteiger partial charge in [-0.3, -0.25) is 4.79 Å². The van der Waals surface area contributed by atoms with Crippen LogP contribution >= 0.6 is 15.9 Å². The maximum Gasteiger partial charge on any atom is 0.314 e. The molecule has 0 atom stereocenters. The average molecular weight is 255 g/mol. The van der Waals surface area contributed by atoms with Gasteiger partial charge in [0, 0.05) is 6.61 Å². The number of carbonyl (C=O) groups is 1. The largest absolute Gasteiger partial charge is 0.481 e. The molecule has 0 radical (unpaired) electrons. The summed E-state index contributed by atoms with van der Waals surface area (Å²) < 4.78 is 0. The van der Waals surface area contributed by atoms with Gasteiger partial charge in [0.2, 0.25) is 0 Å². The van der Waals surface area contributed by atoms with Crippen LogP contribution in [-0.2, 0) is 4.79 Å². The summed E-state index contributed by atoms with van der Waals surface area (Å²) in [4.78, 5) is 9.32. The molecule has 0 saturated heterocycles. The van der Waals surface area contributed by atoms with E-state index in [-0.39, 0.29) is 5.33 Å². The van der Waals surface area contributed by atoms with Crippen molar-refractivity contribution in [3.05, 3.63) is 0 Å². The molecule has 0 unspecified atom stereocenters. The first kappa shape index (κ1) is 15.4. The van der Waals surface area contributed by atoms with Crippen molar-refractivity contribution in [3.8, 4) is 0 Å². The molecule has 4 heteroatoms. The lowest BCUT2D eigenvalue weighted by atomic mass is 10.2. The monoisotopic (exact) mass is 254 g/mol. The van der Waals surface area contributed by atoms with Crippen molar-refractivity contribution in [3.63, 3.8) is 0 Å². The normalized spacial score (nSPS) is 8.85. The fraction of sp³-hybridized carbons (Fsp3) is 0.889. The van der Waals surface area contributed by atoms with Crippen LogP contribution in [0.2, 0.25) is 0 Å². The third kappa shape index (κ3) is 24.5. The number of aliphatic hydroxyl groups excluding tert-OH is 1. The highest BCUT2D eigenvalue weighted by atomic mass is 79.9. The lowest BCUT2D eigenvalue weighted by Gasteiger charge is -1.93. The number of halogens is 1. The van der Waals surface area contributed by atoms with Crippen LogP contribution in [0.1, 0.15) is 39.0 Å². The van der Waals surface area contributed by atoms with E-state index in [0.717, 1.165) is 6.42 Å². The Morgan fingerprint density at radius 1 is 1.23 bits per heavy atom. The Kier molecular flexibility index (Phi) is 17.1. The molecule has 80 valence electrons. The molecule has 0 aromatic rings. The highest BCUT2D eigenvalue weighted by molar-refractivity contribution is 9.09. The predicted octanol–water partition coefficient (Wildman–Crippen LogP) is 2.42. The minimum absolute atomic E-state index is 0.0347. The lowest BCUT2D eigenvalue weighted by molar-refractivity contribution is -0.133. The van der Waals surface area contributed by atoms with Gasteiger partial charge in [0.05, 0.1) is 0 Å². The maximum atomic E-state index is 9.32. The number of rotatable bonds is 6. The summed E-state index contributed by atoms with van der Waals surface area (Å²) in [5.41, 5.74) is 0. The molecule has 0 saturated carbocycles. The van der Waals surface area contributed by atoms with Crippen LogP contribution in [0.25, 0.3) is 0 Å². The maximum absolute atomic E-state index is 9.32. The van der Waals surface area contributed by atoms with Crippen molar-refractivity contribution < 1.29 is 15.0 Å². The van der Waals surface area contributed by atoms with Crippen molar-refractivity contribution in [2.24, 2.45) is 0 Å². The summed E-state index contributed by atoms with van der Waals surface area (Å²) in [6.45, 7) is 2.56. The minimum atomic E-state index is -0.829. The molecular weight excluding hydrogens is 236 g/mol. The zero-order valence-corrected chi connectivity index (χ0v) is 9.72. The molecular formula is C9H19BrO3. The van der Waals surface area contributed by atoms with Crippen LogP contribution in [0.15, 0.2) is 0 Å². The molecule has 0 aromatic carbocycles. The van der Waals surface area contributed by atoms with Crippen LogP contribution in [0.3, 0.4) is 0 Å². The second-order valence-electron chi connectivity index (χ2n) is 2.67. The van der Waals surface area contributed by atoms with Gasteiger partial charge in [-0.1, -0.05) is 48.5 Å². The summed E-state index contributed by atoms with van der Waals surface area (Å²) in [6.07, 6.45) is 6.08. The number of aliphatic carboxylic acids is 1. The molecule has 2 N–H and O–H groups in total. The highest BCUT2D eigenvalue weighted by Crippen LogP contribution is 2.00. The number of carboxylic acids is 1. The Morgan fingerprint density at radius 3 is 2.00 bits per heavy atom. The molecule has 3 nitrogen and oxygen atoms in total. The van der Waals surface area contributed by atoms with Crippen LogP contribution in [0, 0.1) is 0 Å². The van der Waals surface area contributed by atoms with Crippen molar-refractivity contribution in [2.75, 3.05) is 11.9 Å². The molecule has 0 rings (SSSR count). The van der Waals surface area contributed by atoms with E-state index in [1.807, 2.05) is 0 Å². The fourth-order valence-corrected chi connectivity index (χ4v) is 0.715. The SMILES string of the molecule is CCCCCCCO.O=C(O)CBr. The molecule has 0 aliphatic carbocycles. The number of alkyl halides is 1. The number of hydrogen-bond acceptors (Lipinski definition) is 2. The Bertz CT molecular complexity index is 101. The van der Waals surface area contributed by atoms with Gasteiger partial charge in [-0.15, -0.1) is 0 Å². The van der Waals surface area contributed by atoms with E-state index < -0.39 is 5.97 Å². The van der Waals surface area contributed by atoms with Gasteiger partial charge in [0.25, 0.3) is 0 Å². The first-order valence-electron chi connectivity index (χ1n) is 4.57. The number of aliphatic hydroxyl groups is 1. The molecule has 0 heterocycles. The van der Waals surface area contributed by atoms with E-state index >= 15 is 0 Å². The summed E-state index contributed by atoms with van der Waals surface area (Å²) in [5.74, 6) is -0.829. The number of unbranched alkanes of at least 4 members (excludes halogenated alkanes) is 4. The van der Waals surface area contributed by atoms with Gasteiger partial charge >= 0.3 is 5.97 Å². The average Bonchev–Trinajstić information content (AvgIpc) is 2.14. The van der Waals surface area contributed by atoms with E-state index in [0.29, 0.717) is 6.61 Å². The smallest absolute Gasteiger partial charge is 0.314 e. The molecule has 0 fully saturated rings. The summed E-state index contributed by atoms with van der Waals surface area (Å²) in [5, 5.41) is 16.1. The molecule has 0 bridgehead atoms. The molecule has 0 aliphatic heterocycles. The zero-order valence-electron chi connectivity index (χ0n) is 8.13. The Morgan fingerprint density at radius 2 is 1.69 bits per heavy atom. The summed E-state index contributed by atoms with van der Waals surface area (Å²) in [6, 6.07) is 0. The summed E-state index contributed by atoms with van der Waals surface area (Å²) >= 11 is 2.71. The Hall–Kier alpha value is -0.0900. The minimum Gasteiger partial charge on any atom is -0.481 e. The topological polar surface area (TPSA) is 57.5 Å². The van der Waals surface area contributed by atoms with Crippen molar-refractivity contribution in [1.29, 1.82) is 0 Å². The van der Waals surface area contributed by atoms with E-state index in [1.165, 1.54) is 25.7 Å². The summed E-state index contributed by atoms with van der Waals surface area (Å²) in [7, 11) is 0. The Labute approximate surface area is 88.3 Å². The van der Waals surface area contributed by atoms with Gasteiger partial charge in [-0.25, -0.2) is 0 Å². The van der Waals surface area contributed by atoms with Gasteiger partial charge in [-0.05, 0) is 6.42 Å². The van der Waals surface area contributed by atoms with Crippen LogP contribution in [-0.4, -0.2) is 28.1 Å². The van der Waals surface area contributed by atoms with Crippen molar-refractivity contribution in [1.82, 2.24) is 0 Å². The third-order valence-corrected chi connectivity index (χ3v) is 1.86. The molecule has 0 spiro atoms. The standard InChI is InChI=1S/C7H16O.C2H3BrO2/c1-2-3-4-5-6-7-8;3-1-2(4)5/h8H,2-7H2,1H3;1H2,(H,4,5). The Balaban J connectivity index is 0. The van der Waals surface area contributed by atoms with Gasteiger partial charge in [0.1, 0.15) is 5.33 Å². The second kappa shape index (κ2) is 14.4. The fourth-order valence-electron chi connectivity index (χ4n) is 0.715.